The zero-order chi connectivity index (χ0) is 12.3. The van der Waals surface area contributed by atoms with E-state index in [1.54, 1.807) is 13.8 Å². The van der Waals surface area contributed by atoms with Crippen molar-refractivity contribution >= 4 is 5.91 Å². The van der Waals surface area contributed by atoms with Crippen LogP contribution in [0, 0.1) is 19.8 Å². The van der Waals surface area contributed by atoms with Crippen LogP contribution in [0.3, 0.4) is 0 Å². The molecule has 0 bridgehead atoms. The minimum Gasteiger partial charge on any atom is -0.394 e. The maximum atomic E-state index is 11.9. The largest absolute Gasteiger partial charge is 0.394 e. The Balaban J connectivity index is 2.80. The van der Waals surface area contributed by atoms with Crippen molar-refractivity contribution in [1.82, 2.24) is 10.5 Å². The molecule has 0 fully saturated rings. The van der Waals surface area contributed by atoms with Crippen molar-refractivity contribution in [1.29, 1.82) is 0 Å². The van der Waals surface area contributed by atoms with Crippen molar-refractivity contribution in [2.45, 2.75) is 33.7 Å². The average molecular weight is 226 g/mol. The molecular formula is C11H18N2O3. The first-order chi connectivity index (χ1) is 7.47. The molecule has 0 aliphatic heterocycles. The Morgan fingerprint density at radius 3 is 2.50 bits per heavy atom. The van der Waals surface area contributed by atoms with E-state index in [0.29, 0.717) is 17.0 Å². The third-order valence-electron chi connectivity index (χ3n) is 2.58. The molecule has 2 N–H and O–H groups in total. The number of aryl methyl sites for hydroxylation is 2. The van der Waals surface area contributed by atoms with Gasteiger partial charge in [0.1, 0.15) is 11.3 Å². The molecule has 0 saturated carbocycles. The Labute approximate surface area is 94.8 Å². The van der Waals surface area contributed by atoms with Crippen LogP contribution in [0.5, 0.6) is 0 Å². The summed E-state index contributed by atoms with van der Waals surface area (Å²) >= 11 is 0. The quantitative estimate of drug-likeness (QED) is 0.804. The molecule has 0 aromatic carbocycles. The molecule has 1 atom stereocenters. The van der Waals surface area contributed by atoms with Crippen LogP contribution in [0.15, 0.2) is 4.52 Å². The second-order valence-electron chi connectivity index (χ2n) is 4.21. The van der Waals surface area contributed by atoms with Crippen molar-refractivity contribution in [3.63, 3.8) is 0 Å². The Morgan fingerprint density at radius 1 is 1.50 bits per heavy atom. The predicted octanol–water partition coefficient (Wildman–Crippen LogP) is 1.04. The van der Waals surface area contributed by atoms with Crippen LogP contribution in [0.4, 0.5) is 0 Å². The van der Waals surface area contributed by atoms with E-state index in [9.17, 15) is 4.79 Å². The molecule has 0 radical (unpaired) electrons. The molecule has 0 unspecified atom stereocenters. The van der Waals surface area contributed by atoms with Crippen molar-refractivity contribution in [3.8, 4) is 0 Å². The number of nitrogens with zero attached hydrogens (tertiary/aromatic N) is 1. The lowest BCUT2D eigenvalue weighted by molar-refractivity contribution is 0.0895. The normalized spacial score (nSPS) is 12.9. The number of nitrogens with one attached hydrogen (secondary N) is 1. The highest BCUT2D eigenvalue weighted by Crippen LogP contribution is 2.12. The average Bonchev–Trinajstić information content (AvgIpc) is 2.54. The fourth-order valence-electron chi connectivity index (χ4n) is 1.47. The molecule has 5 heteroatoms. The Hall–Kier alpha value is -1.36. The third-order valence-corrected chi connectivity index (χ3v) is 2.58. The van der Waals surface area contributed by atoms with Crippen LogP contribution in [-0.4, -0.2) is 28.8 Å². The highest BCUT2D eigenvalue weighted by atomic mass is 16.5. The number of aliphatic hydroxyl groups is 1. The summed E-state index contributed by atoms with van der Waals surface area (Å²) in [5, 5.41) is 15.6. The summed E-state index contributed by atoms with van der Waals surface area (Å²) in [7, 11) is 0. The van der Waals surface area contributed by atoms with Crippen LogP contribution in [0.25, 0.3) is 0 Å². The Morgan fingerprint density at radius 2 is 2.12 bits per heavy atom. The van der Waals surface area contributed by atoms with Gasteiger partial charge in [-0.3, -0.25) is 4.79 Å². The second kappa shape index (κ2) is 5.12. The maximum absolute atomic E-state index is 11.9. The maximum Gasteiger partial charge on any atom is 0.257 e. The molecule has 0 spiro atoms. The summed E-state index contributed by atoms with van der Waals surface area (Å²) in [6, 6.07) is -0.249. The summed E-state index contributed by atoms with van der Waals surface area (Å²) < 4.78 is 4.92. The van der Waals surface area contributed by atoms with Crippen LogP contribution < -0.4 is 5.32 Å². The zero-order valence-electron chi connectivity index (χ0n) is 10.1. The van der Waals surface area contributed by atoms with Crippen LogP contribution in [0.2, 0.25) is 0 Å². The van der Waals surface area contributed by atoms with Gasteiger partial charge in [-0.1, -0.05) is 19.0 Å². The number of carbonyl (C=O) groups is 1. The lowest BCUT2D eigenvalue weighted by atomic mass is 10.0. The topological polar surface area (TPSA) is 75.4 Å². The van der Waals surface area contributed by atoms with E-state index in [2.05, 4.69) is 10.5 Å². The molecule has 90 valence electrons. The standard InChI is InChI=1S/C11H18N2O3/c1-6(2)9(5-14)12-11(15)10-7(3)13-16-8(10)4/h6,9,14H,5H2,1-4H3,(H,12,15)/t9-/m1/s1. The van der Waals surface area contributed by atoms with Crippen LogP contribution in [-0.2, 0) is 0 Å². The SMILES string of the molecule is Cc1noc(C)c1C(=O)N[C@H](CO)C(C)C. The third kappa shape index (κ3) is 2.61. The van der Waals surface area contributed by atoms with Gasteiger partial charge in [-0.2, -0.15) is 0 Å². The molecule has 1 rings (SSSR count). The van der Waals surface area contributed by atoms with Gasteiger partial charge in [-0.25, -0.2) is 0 Å². The number of rotatable bonds is 4. The van der Waals surface area contributed by atoms with Gasteiger partial charge < -0.3 is 14.9 Å². The summed E-state index contributed by atoms with van der Waals surface area (Å²) in [5.74, 6) is 0.425. The molecule has 0 saturated heterocycles. The van der Waals surface area contributed by atoms with E-state index >= 15 is 0 Å². The number of aliphatic hydroxyl groups excluding tert-OH is 1. The molecule has 0 aliphatic carbocycles. The minimum absolute atomic E-state index is 0.0766. The van der Waals surface area contributed by atoms with Crippen molar-refractivity contribution in [3.05, 3.63) is 17.0 Å². The summed E-state index contributed by atoms with van der Waals surface area (Å²) in [6.45, 7) is 7.21. The second-order valence-corrected chi connectivity index (χ2v) is 4.21. The molecule has 1 heterocycles. The van der Waals surface area contributed by atoms with Gasteiger partial charge in [0.2, 0.25) is 0 Å². The summed E-state index contributed by atoms with van der Waals surface area (Å²) in [4.78, 5) is 11.9. The Bertz CT molecular complexity index is 352. The number of aromatic nitrogens is 1. The number of amides is 1. The van der Waals surface area contributed by atoms with E-state index in [-0.39, 0.29) is 24.5 Å². The first-order valence-electron chi connectivity index (χ1n) is 5.32. The van der Waals surface area contributed by atoms with Crippen LogP contribution >= 0.6 is 0 Å². The molecule has 16 heavy (non-hydrogen) atoms. The van der Waals surface area contributed by atoms with E-state index < -0.39 is 0 Å². The lowest BCUT2D eigenvalue weighted by Crippen LogP contribution is -2.41. The smallest absolute Gasteiger partial charge is 0.257 e. The first kappa shape index (κ1) is 12.7. The van der Waals surface area contributed by atoms with E-state index in [0.717, 1.165) is 0 Å². The first-order valence-corrected chi connectivity index (χ1v) is 5.32. The van der Waals surface area contributed by atoms with E-state index in [4.69, 9.17) is 9.63 Å². The van der Waals surface area contributed by atoms with E-state index in [1.165, 1.54) is 0 Å². The molecule has 1 aromatic rings. The van der Waals surface area contributed by atoms with E-state index in [1.807, 2.05) is 13.8 Å². The Kier molecular flexibility index (Phi) is 4.06. The number of carbonyl (C=O) groups excluding carboxylic acids is 1. The molecular weight excluding hydrogens is 208 g/mol. The van der Waals surface area contributed by atoms with Gasteiger partial charge in [0.25, 0.3) is 5.91 Å². The van der Waals surface area contributed by atoms with Gasteiger partial charge in [0.15, 0.2) is 0 Å². The summed E-state index contributed by atoms with van der Waals surface area (Å²) in [5.41, 5.74) is 1.02. The van der Waals surface area contributed by atoms with Crippen molar-refractivity contribution in [2.75, 3.05) is 6.61 Å². The monoisotopic (exact) mass is 226 g/mol. The molecule has 1 aromatic heterocycles. The summed E-state index contributed by atoms with van der Waals surface area (Å²) in [6.07, 6.45) is 0. The highest BCUT2D eigenvalue weighted by Gasteiger charge is 2.21. The van der Waals surface area contributed by atoms with Gasteiger partial charge in [-0.15, -0.1) is 0 Å². The van der Waals surface area contributed by atoms with Gasteiger partial charge in [-0.05, 0) is 19.8 Å². The fourth-order valence-corrected chi connectivity index (χ4v) is 1.47. The minimum atomic E-state index is -0.249. The zero-order valence-corrected chi connectivity index (χ0v) is 10.1. The number of hydrogen-bond donors (Lipinski definition) is 2. The molecule has 1 amide bonds. The van der Waals surface area contributed by atoms with Gasteiger partial charge in [0.05, 0.1) is 18.3 Å². The fraction of sp³-hybridized carbons (Fsp3) is 0.636. The number of hydrogen-bond acceptors (Lipinski definition) is 4. The van der Waals surface area contributed by atoms with Crippen molar-refractivity contribution in [2.24, 2.45) is 5.92 Å². The van der Waals surface area contributed by atoms with Crippen LogP contribution in [0.1, 0.15) is 35.7 Å². The van der Waals surface area contributed by atoms with Gasteiger partial charge >= 0.3 is 0 Å². The lowest BCUT2D eigenvalue weighted by Gasteiger charge is -2.19. The highest BCUT2D eigenvalue weighted by molar-refractivity contribution is 5.96. The van der Waals surface area contributed by atoms with Crippen molar-refractivity contribution < 1.29 is 14.4 Å². The molecule has 0 aliphatic rings. The predicted molar refractivity (Wildman–Crippen MR) is 59.2 cm³/mol. The van der Waals surface area contributed by atoms with Gasteiger partial charge in [0, 0.05) is 0 Å². The molecule has 5 nitrogen and oxygen atoms in total.